The number of halogens is 1. The van der Waals surface area contributed by atoms with Crippen LogP contribution >= 0.6 is 27.3 Å². The Labute approximate surface area is 121 Å². The zero-order chi connectivity index (χ0) is 14.0. The van der Waals surface area contributed by atoms with E-state index in [0.29, 0.717) is 0 Å². The van der Waals surface area contributed by atoms with Crippen LogP contribution in [0.4, 0.5) is 5.82 Å². The third-order valence-electron chi connectivity index (χ3n) is 2.05. The van der Waals surface area contributed by atoms with Crippen LogP contribution in [0.5, 0.6) is 0 Å². The number of carboxylic acid groups (broad SMARTS) is 1. The normalized spacial score (nSPS) is 11.2. The number of aromatic nitrogens is 1. The average molecular weight is 363 g/mol. The van der Waals surface area contributed by atoms with Crippen LogP contribution < -0.4 is 4.72 Å². The Balaban J connectivity index is 2.26. The summed E-state index contributed by atoms with van der Waals surface area (Å²) in [5.74, 6) is -1.01. The summed E-state index contributed by atoms with van der Waals surface area (Å²) in [4.78, 5) is 14.6. The van der Waals surface area contributed by atoms with Gasteiger partial charge in [-0.25, -0.2) is 18.2 Å². The zero-order valence-corrected chi connectivity index (χ0v) is 12.4. The standard InChI is InChI=1S/C10H7BrN2O4S2/c11-7-1-2-8(12-4-7)13-19(16,17)9-3-6(5-18-9)10(14)15/h1-5H,(H,12,13)(H,14,15). The Morgan fingerprint density at radius 3 is 2.68 bits per heavy atom. The van der Waals surface area contributed by atoms with Gasteiger partial charge < -0.3 is 5.11 Å². The van der Waals surface area contributed by atoms with E-state index in [1.54, 1.807) is 6.07 Å². The zero-order valence-electron chi connectivity index (χ0n) is 9.20. The van der Waals surface area contributed by atoms with E-state index in [2.05, 4.69) is 25.6 Å². The quantitative estimate of drug-likeness (QED) is 0.870. The monoisotopic (exact) mass is 362 g/mol. The summed E-state index contributed by atoms with van der Waals surface area (Å²) >= 11 is 4.03. The topological polar surface area (TPSA) is 96.4 Å². The summed E-state index contributed by atoms with van der Waals surface area (Å²) in [5.41, 5.74) is -0.0610. The summed E-state index contributed by atoms with van der Waals surface area (Å²) in [6.45, 7) is 0. The van der Waals surface area contributed by atoms with E-state index in [9.17, 15) is 13.2 Å². The lowest BCUT2D eigenvalue weighted by molar-refractivity contribution is 0.0697. The maximum atomic E-state index is 12.0. The van der Waals surface area contributed by atoms with Crippen LogP contribution in [0.1, 0.15) is 10.4 Å². The summed E-state index contributed by atoms with van der Waals surface area (Å²) < 4.78 is 26.9. The fraction of sp³-hybridized carbons (Fsp3) is 0. The first-order valence-corrected chi connectivity index (χ1v) is 8.00. The molecule has 0 aliphatic rings. The Morgan fingerprint density at radius 1 is 1.42 bits per heavy atom. The molecule has 0 aliphatic carbocycles. The number of anilines is 1. The number of sulfonamides is 1. The molecule has 2 aromatic rings. The van der Waals surface area contributed by atoms with E-state index in [-0.39, 0.29) is 15.6 Å². The molecule has 0 saturated heterocycles. The summed E-state index contributed by atoms with van der Waals surface area (Å²) in [5, 5.41) is 10.0. The van der Waals surface area contributed by atoms with E-state index in [0.717, 1.165) is 21.9 Å². The van der Waals surface area contributed by atoms with E-state index in [1.165, 1.54) is 17.6 Å². The Morgan fingerprint density at radius 2 is 2.16 bits per heavy atom. The molecule has 9 heteroatoms. The molecule has 0 amide bonds. The maximum absolute atomic E-state index is 12.0. The summed E-state index contributed by atoms with van der Waals surface area (Å²) in [7, 11) is -3.81. The second-order valence-electron chi connectivity index (χ2n) is 3.43. The molecule has 0 aliphatic heterocycles. The molecule has 0 aromatic carbocycles. The highest BCUT2D eigenvalue weighted by atomic mass is 79.9. The molecule has 0 fully saturated rings. The number of rotatable bonds is 4. The third kappa shape index (κ3) is 3.31. The number of nitrogens with one attached hydrogen (secondary N) is 1. The molecular weight excluding hydrogens is 356 g/mol. The molecule has 2 rings (SSSR count). The Kier molecular flexibility index (Phi) is 3.88. The van der Waals surface area contributed by atoms with E-state index in [1.807, 2.05) is 0 Å². The first kappa shape index (κ1) is 14.0. The van der Waals surface area contributed by atoms with Gasteiger partial charge in [0.25, 0.3) is 10.0 Å². The number of carbonyl (C=O) groups is 1. The number of carboxylic acids is 1. The van der Waals surface area contributed by atoms with Crippen molar-refractivity contribution in [2.75, 3.05) is 4.72 Å². The SMILES string of the molecule is O=C(O)c1csc(S(=O)(=O)Nc2ccc(Br)cn2)c1. The largest absolute Gasteiger partial charge is 0.478 e. The van der Waals surface area contributed by atoms with Crippen LogP contribution in [-0.4, -0.2) is 24.5 Å². The highest BCUT2D eigenvalue weighted by Crippen LogP contribution is 2.22. The van der Waals surface area contributed by atoms with Crippen molar-refractivity contribution in [3.8, 4) is 0 Å². The van der Waals surface area contributed by atoms with Gasteiger partial charge in [0.2, 0.25) is 0 Å². The van der Waals surface area contributed by atoms with Gasteiger partial charge in [0.05, 0.1) is 5.56 Å². The van der Waals surface area contributed by atoms with Crippen molar-refractivity contribution < 1.29 is 18.3 Å². The van der Waals surface area contributed by atoms with Crippen LogP contribution in [0, 0.1) is 0 Å². The van der Waals surface area contributed by atoms with Crippen LogP contribution in [-0.2, 0) is 10.0 Å². The summed E-state index contributed by atoms with van der Waals surface area (Å²) in [6, 6.07) is 4.24. The number of hydrogen-bond acceptors (Lipinski definition) is 5. The van der Waals surface area contributed by atoms with Gasteiger partial charge in [0.15, 0.2) is 0 Å². The molecule has 6 nitrogen and oxygen atoms in total. The second kappa shape index (κ2) is 5.27. The van der Waals surface area contributed by atoms with Gasteiger partial charge in [0.1, 0.15) is 10.0 Å². The fourth-order valence-electron chi connectivity index (χ4n) is 1.19. The first-order valence-electron chi connectivity index (χ1n) is 4.85. The van der Waals surface area contributed by atoms with Crippen LogP contribution in [0.15, 0.2) is 38.5 Å². The van der Waals surface area contributed by atoms with Gasteiger partial charge in [0, 0.05) is 16.0 Å². The second-order valence-corrected chi connectivity index (χ2v) is 7.16. The molecule has 0 spiro atoms. The molecule has 100 valence electrons. The van der Waals surface area contributed by atoms with Crippen molar-refractivity contribution in [1.82, 2.24) is 4.98 Å². The fourth-order valence-corrected chi connectivity index (χ4v) is 3.59. The molecule has 2 aromatic heterocycles. The van der Waals surface area contributed by atoms with E-state index >= 15 is 0 Å². The van der Waals surface area contributed by atoms with Gasteiger partial charge in [-0.1, -0.05) is 0 Å². The Bertz CT molecular complexity index is 709. The molecule has 2 heterocycles. The number of nitrogens with zero attached hydrogens (tertiary/aromatic N) is 1. The molecule has 0 radical (unpaired) electrons. The van der Waals surface area contributed by atoms with Gasteiger partial charge in [-0.15, -0.1) is 11.3 Å². The highest BCUT2D eigenvalue weighted by molar-refractivity contribution is 9.10. The third-order valence-corrected chi connectivity index (χ3v) is 5.32. The predicted molar refractivity (Wildman–Crippen MR) is 74.0 cm³/mol. The van der Waals surface area contributed by atoms with Gasteiger partial charge in [-0.3, -0.25) is 4.72 Å². The average Bonchev–Trinajstić information content (AvgIpc) is 2.82. The van der Waals surface area contributed by atoms with Crippen molar-refractivity contribution >= 4 is 49.1 Å². The van der Waals surface area contributed by atoms with Crippen molar-refractivity contribution in [2.24, 2.45) is 0 Å². The molecule has 0 atom stereocenters. The van der Waals surface area contributed by atoms with Crippen molar-refractivity contribution in [3.05, 3.63) is 39.8 Å². The van der Waals surface area contributed by atoms with Crippen molar-refractivity contribution in [2.45, 2.75) is 4.21 Å². The van der Waals surface area contributed by atoms with E-state index in [4.69, 9.17) is 5.11 Å². The van der Waals surface area contributed by atoms with Crippen LogP contribution in [0.2, 0.25) is 0 Å². The van der Waals surface area contributed by atoms with Crippen LogP contribution in [0.3, 0.4) is 0 Å². The van der Waals surface area contributed by atoms with Crippen molar-refractivity contribution in [1.29, 1.82) is 0 Å². The predicted octanol–water partition coefficient (Wildman–Crippen LogP) is 2.40. The lowest BCUT2D eigenvalue weighted by Crippen LogP contribution is -2.12. The molecule has 2 N–H and O–H groups in total. The lowest BCUT2D eigenvalue weighted by atomic mass is 10.4. The minimum absolute atomic E-state index is 0.0610. The smallest absolute Gasteiger partial charge is 0.336 e. The number of hydrogen-bond donors (Lipinski definition) is 2. The minimum atomic E-state index is -3.81. The molecule has 0 unspecified atom stereocenters. The number of aromatic carboxylic acids is 1. The van der Waals surface area contributed by atoms with Gasteiger partial charge in [-0.05, 0) is 34.1 Å². The maximum Gasteiger partial charge on any atom is 0.336 e. The highest BCUT2D eigenvalue weighted by Gasteiger charge is 2.19. The lowest BCUT2D eigenvalue weighted by Gasteiger charge is -2.04. The Hall–Kier alpha value is -1.45. The molecule has 19 heavy (non-hydrogen) atoms. The molecule has 0 bridgehead atoms. The molecule has 0 saturated carbocycles. The minimum Gasteiger partial charge on any atom is -0.478 e. The first-order chi connectivity index (χ1) is 8.88. The van der Waals surface area contributed by atoms with Gasteiger partial charge in [-0.2, -0.15) is 0 Å². The number of thiophene rings is 1. The van der Waals surface area contributed by atoms with Crippen LogP contribution in [0.25, 0.3) is 0 Å². The summed E-state index contributed by atoms with van der Waals surface area (Å²) in [6.07, 6.45) is 1.45. The number of pyridine rings is 1. The van der Waals surface area contributed by atoms with Gasteiger partial charge >= 0.3 is 5.97 Å². The van der Waals surface area contributed by atoms with Crippen molar-refractivity contribution in [3.63, 3.8) is 0 Å². The van der Waals surface area contributed by atoms with E-state index < -0.39 is 16.0 Å². The molecular formula is C10H7BrN2O4S2.